The van der Waals surface area contributed by atoms with E-state index < -0.39 is 23.6 Å². The number of aromatic nitrogens is 4. The highest BCUT2D eigenvalue weighted by molar-refractivity contribution is 5.92. The van der Waals surface area contributed by atoms with Crippen LogP contribution in [0.2, 0.25) is 0 Å². The molecule has 0 aliphatic heterocycles. The quantitative estimate of drug-likeness (QED) is 0.589. The Bertz CT molecular complexity index is 1180. The molecular weight excluding hydrogens is 433 g/mol. The summed E-state index contributed by atoms with van der Waals surface area (Å²) in [6.07, 6.45) is 0.418. The molecule has 5 rings (SSSR count). The highest BCUT2D eigenvalue weighted by atomic mass is 19.4. The number of fused-ring (bicyclic) bond motifs is 2. The van der Waals surface area contributed by atoms with E-state index in [1.807, 2.05) is 4.57 Å². The number of alkyl halides is 3. The minimum absolute atomic E-state index is 0.0923. The third-order valence-electron chi connectivity index (χ3n) is 6.66. The predicted molar refractivity (Wildman–Crippen MR) is 103 cm³/mol. The van der Waals surface area contributed by atoms with Crippen molar-refractivity contribution in [3.63, 3.8) is 0 Å². The summed E-state index contributed by atoms with van der Waals surface area (Å²) in [5.74, 6) is -2.96. The number of benzene rings is 1. The van der Waals surface area contributed by atoms with Crippen LogP contribution in [0.5, 0.6) is 0 Å². The molecule has 1 aromatic carbocycles. The van der Waals surface area contributed by atoms with Crippen molar-refractivity contribution in [1.82, 2.24) is 19.5 Å². The molecule has 0 radical (unpaired) electrons. The fourth-order valence-corrected chi connectivity index (χ4v) is 5.12. The molecule has 6 nitrogen and oxygen atoms in total. The smallest absolute Gasteiger partial charge is 0.327 e. The summed E-state index contributed by atoms with van der Waals surface area (Å²) in [4.78, 5) is 23.2. The zero-order chi connectivity index (χ0) is 22.8. The van der Waals surface area contributed by atoms with Crippen molar-refractivity contribution in [2.45, 2.75) is 32.0 Å². The number of amides is 1. The second-order valence-electron chi connectivity index (χ2n) is 8.51. The maximum Gasteiger partial charge on any atom is 0.451 e. The molecule has 1 amide bonds. The van der Waals surface area contributed by atoms with E-state index in [0.29, 0.717) is 22.9 Å². The van der Waals surface area contributed by atoms with Gasteiger partial charge in [0.1, 0.15) is 0 Å². The number of carbonyl (C=O) groups excluding carboxylic acids is 1. The molecule has 2 aliphatic rings. The zero-order valence-electron chi connectivity index (χ0n) is 16.8. The molecule has 0 spiro atoms. The van der Waals surface area contributed by atoms with Gasteiger partial charge in [-0.05, 0) is 30.6 Å². The van der Waals surface area contributed by atoms with Crippen LogP contribution < -0.4 is 5.32 Å². The van der Waals surface area contributed by atoms with Gasteiger partial charge in [0.2, 0.25) is 11.7 Å². The number of rotatable bonds is 4. The first-order chi connectivity index (χ1) is 15.1. The van der Waals surface area contributed by atoms with Crippen LogP contribution in [0.1, 0.15) is 31.6 Å². The topological polar surface area (TPSA) is 72.7 Å². The number of hydrogen-bond donors (Lipinski definition) is 1. The first-order valence-corrected chi connectivity index (χ1v) is 10.1. The molecule has 2 aromatic heterocycles. The maximum atomic E-state index is 13.7. The van der Waals surface area contributed by atoms with Crippen LogP contribution in [0.25, 0.3) is 11.0 Å². The van der Waals surface area contributed by atoms with Gasteiger partial charge in [0, 0.05) is 24.1 Å². The molecule has 2 fully saturated rings. The fourth-order valence-electron chi connectivity index (χ4n) is 5.12. The number of imidazole rings is 1. The van der Waals surface area contributed by atoms with Gasteiger partial charge in [-0.3, -0.25) is 4.79 Å². The molecule has 2 heterocycles. The minimum atomic E-state index is -4.64. The van der Waals surface area contributed by atoms with Gasteiger partial charge in [0.25, 0.3) is 0 Å². The Labute approximate surface area is 178 Å². The molecule has 2 aliphatic carbocycles. The average Bonchev–Trinajstić information content (AvgIpc) is 3.05. The van der Waals surface area contributed by atoms with E-state index >= 15 is 0 Å². The van der Waals surface area contributed by atoms with E-state index in [1.165, 1.54) is 0 Å². The third kappa shape index (κ3) is 3.49. The fraction of sp³-hybridized carbons (Fsp3) is 0.429. The average molecular weight is 451 g/mol. The van der Waals surface area contributed by atoms with Gasteiger partial charge in [-0.2, -0.15) is 13.2 Å². The summed E-state index contributed by atoms with van der Waals surface area (Å²) in [6.45, 7) is 1.79. The van der Waals surface area contributed by atoms with E-state index in [2.05, 4.69) is 20.3 Å². The normalized spacial score (nSPS) is 25.6. The SMILES string of the molecule is CC(C(=O)Nc1cnc(C(F)(F)F)nc1)[C@H]1[C@@H]2C[C@@H](n3cnc4cc(F)c(F)cc43)C[C@@H]21. The first kappa shape index (κ1) is 20.8. The Morgan fingerprint density at radius 2 is 1.72 bits per heavy atom. The van der Waals surface area contributed by atoms with Crippen LogP contribution in [0.4, 0.5) is 27.6 Å². The Kier molecular flexibility index (Phi) is 4.68. The van der Waals surface area contributed by atoms with Gasteiger partial charge < -0.3 is 9.88 Å². The molecule has 0 bridgehead atoms. The van der Waals surface area contributed by atoms with Gasteiger partial charge in [0.05, 0.1) is 35.4 Å². The second-order valence-corrected chi connectivity index (χ2v) is 8.51. The van der Waals surface area contributed by atoms with Crippen molar-refractivity contribution in [1.29, 1.82) is 0 Å². The molecule has 1 unspecified atom stereocenters. The van der Waals surface area contributed by atoms with Crippen LogP contribution in [-0.2, 0) is 11.0 Å². The van der Waals surface area contributed by atoms with E-state index in [0.717, 1.165) is 37.4 Å². The summed E-state index contributed by atoms with van der Waals surface area (Å²) >= 11 is 0. The van der Waals surface area contributed by atoms with E-state index in [4.69, 9.17) is 0 Å². The summed E-state index contributed by atoms with van der Waals surface area (Å²) in [5, 5.41) is 2.58. The summed E-state index contributed by atoms with van der Waals surface area (Å²) in [7, 11) is 0. The van der Waals surface area contributed by atoms with Crippen LogP contribution in [0.15, 0.2) is 30.9 Å². The van der Waals surface area contributed by atoms with Gasteiger partial charge >= 0.3 is 6.18 Å². The highest BCUT2D eigenvalue weighted by Gasteiger charge is 2.59. The molecular formula is C21H18F5N5O. The molecule has 2 saturated carbocycles. The molecule has 5 atom stereocenters. The van der Waals surface area contributed by atoms with Crippen molar-refractivity contribution in [3.05, 3.63) is 48.3 Å². The molecule has 11 heteroatoms. The Morgan fingerprint density at radius 1 is 1.09 bits per heavy atom. The predicted octanol–water partition coefficient (Wildman–Crippen LogP) is 4.60. The number of hydrogen-bond acceptors (Lipinski definition) is 4. The Morgan fingerprint density at radius 3 is 2.34 bits per heavy atom. The lowest BCUT2D eigenvalue weighted by atomic mass is 9.96. The zero-order valence-corrected chi connectivity index (χ0v) is 16.8. The van der Waals surface area contributed by atoms with Gasteiger partial charge in [-0.1, -0.05) is 6.92 Å². The molecule has 1 N–H and O–H groups in total. The van der Waals surface area contributed by atoms with Gasteiger partial charge in [-0.15, -0.1) is 0 Å². The third-order valence-corrected chi connectivity index (χ3v) is 6.66. The van der Waals surface area contributed by atoms with E-state index in [9.17, 15) is 26.7 Å². The summed E-state index contributed by atoms with van der Waals surface area (Å²) in [6, 6.07) is 2.33. The van der Waals surface area contributed by atoms with Crippen molar-refractivity contribution in [2.75, 3.05) is 5.32 Å². The monoisotopic (exact) mass is 451 g/mol. The molecule has 32 heavy (non-hydrogen) atoms. The van der Waals surface area contributed by atoms with Crippen molar-refractivity contribution < 1.29 is 26.7 Å². The lowest BCUT2D eigenvalue weighted by molar-refractivity contribution is -0.144. The maximum absolute atomic E-state index is 13.7. The lowest BCUT2D eigenvalue weighted by Crippen LogP contribution is -2.24. The largest absolute Gasteiger partial charge is 0.451 e. The lowest BCUT2D eigenvalue weighted by Gasteiger charge is -2.19. The van der Waals surface area contributed by atoms with Crippen LogP contribution in [0.3, 0.4) is 0 Å². The number of halogens is 5. The number of anilines is 1. The molecule has 0 saturated heterocycles. The highest BCUT2D eigenvalue weighted by Crippen LogP contribution is 2.64. The first-order valence-electron chi connectivity index (χ1n) is 10.1. The number of carbonyl (C=O) groups is 1. The van der Waals surface area contributed by atoms with E-state index in [-0.39, 0.29) is 29.5 Å². The molecule has 3 aromatic rings. The Hall–Kier alpha value is -3.11. The van der Waals surface area contributed by atoms with E-state index in [1.54, 1.807) is 13.3 Å². The van der Waals surface area contributed by atoms with Crippen molar-refractivity contribution >= 4 is 22.6 Å². The van der Waals surface area contributed by atoms with Crippen LogP contribution in [0, 0.1) is 35.3 Å². The van der Waals surface area contributed by atoms with Crippen LogP contribution in [-0.4, -0.2) is 25.4 Å². The summed E-state index contributed by atoms with van der Waals surface area (Å²) < 4.78 is 66.6. The standard InChI is InChI=1S/C21H18F5N5O/c1-9(19(32)30-10-6-27-20(28-7-10)21(24,25)26)18-12-2-11(3-13(12)18)31-8-29-16-4-14(22)15(23)5-17(16)31/h4-9,11-13,18H,2-3H2,1H3,(H,30,32)/t9?,11-,12-,13+,18+. The molecule has 168 valence electrons. The second kappa shape index (κ2) is 7.21. The number of nitrogens with zero attached hydrogens (tertiary/aromatic N) is 4. The van der Waals surface area contributed by atoms with Crippen molar-refractivity contribution in [2.24, 2.45) is 23.7 Å². The van der Waals surface area contributed by atoms with Crippen LogP contribution >= 0.6 is 0 Å². The van der Waals surface area contributed by atoms with Gasteiger partial charge in [0.15, 0.2) is 11.6 Å². The minimum Gasteiger partial charge on any atom is -0.327 e. The van der Waals surface area contributed by atoms with Crippen molar-refractivity contribution in [3.8, 4) is 0 Å². The summed E-state index contributed by atoms with van der Waals surface area (Å²) in [5.41, 5.74) is 1.05. The number of nitrogens with one attached hydrogen (secondary N) is 1. The van der Waals surface area contributed by atoms with Gasteiger partial charge in [-0.25, -0.2) is 23.7 Å². The Balaban J connectivity index is 1.21.